The summed E-state index contributed by atoms with van der Waals surface area (Å²) in [7, 11) is 0. The number of unbranched alkanes of at least 4 members (excludes halogenated alkanes) is 2. The number of hydrogen-bond donors (Lipinski definition) is 0. The maximum atomic E-state index is 15.1. The van der Waals surface area contributed by atoms with Crippen LogP contribution in [0.4, 0.5) is 4.39 Å². The van der Waals surface area contributed by atoms with Gasteiger partial charge in [-0.2, -0.15) is 0 Å². The molecule has 0 saturated heterocycles. The second-order valence-electron chi connectivity index (χ2n) is 11.3. The minimum atomic E-state index is -0.187. The van der Waals surface area contributed by atoms with Gasteiger partial charge in [-0.25, -0.2) is 4.39 Å². The maximum absolute atomic E-state index is 15.1. The molecule has 0 amide bonds. The molecule has 0 bridgehead atoms. The predicted octanol–water partition coefficient (Wildman–Crippen LogP) is 10.0. The molecule has 4 rings (SSSR count). The molecule has 32 heavy (non-hydrogen) atoms. The van der Waals surface area contributed by atoms with E-state index in [0.717, 1.165) is 66.4 Å². The van der Waals surface area contributed by atoms with Crippen molar-refractivity contribution in [2.45, 2.75) is 110 Å². The molecule has 0 radical (unpaired) electrons. The molecule has 0 heterocycles. The Balaban J connectivity index is 1.30. The smallest absolute Gasteiger partial charge is 0.149 e. The van der Waals surface area contributed by atoms with E-state index in [4.69, 9.17) is 11.6 Å². The minimum absolute atomic E-state index is 0.187. The van der Waals surface area contributed by atoms with E-state index in [1.165, 1.54) is 76.2 Å². The Bertz CT molecular complexity index is 765. The van der Waals surface area contributed by atoms with Crippen molar-refractivity contribution in [1.29, 1.82) is 0 Å². The average molecular weight is 459 g/mol. The zero-order chi connectivity index (χ0) is 22.5. The van der Waals surface area contributed by atoms with Crippen molar-refractivity contribution in [2.75, 3.05) is 0 Å². The highest BCUT2D eigenvalue weighted by Crippen LogP contribution is 2.46. The summed E-state index contributed by atoms with van der Waals surface area (Å²) in [5.41, 5.74) is 2.91. The number of benzene rings is 1. The van der Waals surface area contributed by atoms with Crippen LogP contribution < -0.4 is 0 Å². The zero-order valence-electron chi connectivity index (χ0n) is 20.5. The van der Waals surface area contributed by atoms with Crippen LogP contribution in [0.2, 0.25) is 5.02 Å². The third kappa shape index (κ3) is 5.81. The molecule has 1 aromatic carbocycles. The molecule has 1 unspecified atom stereocenters. The monoisotopic (exact) mass is 458 g/mol. The van der Waals surface area contributed by atoms with Crippen LogP contribution >= 0.6 is 11.6 Å². The van der Waals surface area contributed by atoms with Gasteiger partial charge in [0.15, 0.2) is 0 Å². The van der Waals surface area contributed by atoms with Crippen LogP contribution in [0.25, 0.3) is 5.57 Å². The van der Waals surface area contributed by atoms with E-state index in [1.807, 2.05) is 6.07 Å². The summed E-state index contributed by atoms with van der Waals surface area (Å²) in [6, 6.07) is 4.06. The highest BCUT2D eigenvalue weighted by molar-refractivity contribution is 6.31. The molecule has 0 aliphatic heterocycles. The highest BCUT2D eigenvalue weighted by Gasteiger charge is 2.33. The first-order valence-corrected chi connectivity index (χ1v) is 14.1. The zero-order valence-corrected chi connectivity index (χ0v) is 21.2. The van der Waals surface area contributed by atoms with Gasteiger partial charge in [-0.05, 0) is 111 Å². The summed E-state index contributed by atoms with van der Waals surface area (Å²) in [4.78, 5) is 0. The normalized spacial score (nSPS) is 31.4. The molecule has 0 spiro atoms. The van der Waals surface area contributed by atoms with Crippen LogP contribution in [0, 0.1) is 35.4 Å². The van der Waals surface area contributed by atoms with Crippen molar-refractivity contribution < 1.29 is 4.39 Å². The van der Waals surface area contributed by atoms with Crippen molar-refractivity contribution in [2.24, 2.45) is 29.6 Å². The van der Waals surface area contributed by atoms with Crippen molar-refractivity contribution >= 4 is 17.2 Å². The van der Waals surface area contributed by atoms with E-state index in [2.05, 4.69) is 26.0 Å². The summed E-state index contributed by atoms with van der Waals surface area (Å²) in [6.45, 7) is 4.62. The van der Waals surface area contributed by atoms with Crippen LogP contribution in [0.5, 0.6) is 0 Å². The standard InChI is InChI=1S/C30H44ClF/c1-3-4-5-6-27-19-20-28(30(32)29(27)31)26-17-15-25(16-18-26)24-13-11-23(12-14-24)22-9-7-21(2)8-10-22/h17,19-25H,3-16,18H2,1-2H3. The SMILES string of the molecule is CCCCCc1ccc(C2=CCC(C3CCC(C4CCC(C)CC4)CC3)CC2)c(F)c1Cl. The molecule has 3 aliphatic carbocycles. The third-order valence-electron chi connectivity index (χ3n) is 9.22. The third-order valence-corrected chi connectivity index (χ3v) is 9.63. The van der Waals surface area contributed by atoms with Crippen molar-refractivity contribution in [3.63, 3.8) is 0 Å². The molecule has 1 atom stereocenters. The molecule has 0 N–H and O–H groups in total. The fourth-order valence-corrected chi connectivity index (χ4v) is 7.23. The summed E-state index contributed by atoms with van der Waals surface area (Å²) >= 11 is 6.43. The first kappa shape index (κ1) is 24.3. The first-order valence-electron chi connectivity index (χ1n) is 13.7. The summed E-state index contributed by atoms with van der Waals surface area (Å²) in [5.74, 6) is 4.48. The lowest BCUT2D eigenvalue weighted by molar-refractivity contribution is 0.125. The van der Waals surface area contributed by atoms with Crippen LogP contribution in [-0.4, -0.2) is 0 Å². The van der Waals surface area contributed by atoms with E-state index < -0.39 is 0 Å². The Morgan fingerprint density at radius 3 is 2.06 bits per heavy atom. The first-order chi connectivity index (χ1) is 15.6. The summed E-state index contributed by atoms with van der Waals surface area (Å²) < 4.78 is 15.1. The van der Waals surface area contributed by atoms with Crippen LogP contribution in [0.1, 0.15) is 115 Å². The number of rotatable bonds is 7. The van der Waals surface area contributed by atoms with Gasteiger partial charge in [0, 0.05) is 5.56 Å². The fraction of sp³-hybridized carbons (Fsp3) is 0.733. The summed E-state index contributed by atoms with van der Waals surface area (Å²) in [5, 5.41) is 0.358. The van der Waals surface area contributed by atoms with Crippen LogP contribution in [0.3, 0.4) is 0 Å². The summed E-state index contributed by atoms with van der Waals surface area (Å²) in [6.07, 6.45) is 21.7. The van der Waals surface area contributed by atoms with E-state index >= 15 is 4.39 Å². The van der Waals surface area contributed by atoms with Crippen LogP contribution in [0.15, 0.2) is 18.2 Å². The fourth-order valence-electron chi connectivity index (χ4n) is 6.97. The Labute approximate surface area is 201 Å². The van der Waals surface area contributed by atoms with Crippen molar-refractivity contribution in [3.05, 3.63) is 40.2 Å². The number of allylic oxidation sites excluding steroid dienone is 2. The van der Waals surface area contributed by atoms with Gasteiger partial charge in [-0.3, -0.25) is 0 Å². The predicted molar refractivity (Wildman–Crippen MR) is 137 cm³/mol. The minimum Gasteiger partial charge on any atom is -0.205 e. The van der Waals surface area contributed by atoms with Gasteiger partial charge in [-0.1, -0.05) is 69.3 Å². The maximum Gasteiger partial charge on any atom is 0.149 e. The highest BCUT2D eigenvalue weighted by atomic mass is 35.5. The lowest BCUT2D eigenvalue weighted by Gasteiger charge is -2.40. The quantitative estimate of drug-likeness (QED) is 0.356. The van der Waals surface area contributed by atoms with Gasteiger partial charge >= 0.3 is 0 Å². The molecule has 2 fully saturated rings. The van der Waals surface area contributed by atoms with Gasteiger partial charge in [0.25, 0.3) is 0 Å². The van der Waals surface area contributed by atoms with Gasteiger partial charge in [0.1, 0.15) is 5.82 Å². The van der Waals surface area contributed by atoms with E-state index in [0.29, 0.717) is 5.02 Å². The molecule has 0 nitrogen and oxygen atoms in total. The Hall–Kier alpha value is -0.820. The Morgan fingerprint density at radius 1 is 0.844 bits per heavy atom. The molecule has 2 saturated carbocycles. The Morgan fingerprint density at radius 2 is 1.47 bits per heavy atom. The van der Waals surface area contributed by atoms with Gasteiger partial charge in [0.05, 0.1) is 5.02 Å². The van der Waals surface area contributed by atoms with Gasteiger partial charge in [-0.15, -0.1) is 0 Å². The topological polar surface area (TPSA) is 0 Å². The van der Waals surface area contributed by atoms with Crippen LogP contribution in [-0.2, 0) is 6.42 Å². The largest absolute Gasteiger partial charge is 0.205 e. The lowest BCUT2D eigenvalue weighted by Crippen LogP contribution is -2.28. The second kappa shape index (κ2) is 11.5. The molecular weight excluding hydrogens is 415 g/mol. The van der Waals surface area contributed by atoms with E-state index in [1.54, 1.807) is 0 Å². The molecule has 2 heteroatoms. The van der Waals surface area contributed by atoms with Crippen molar-refractivity contribution in [3.8, 4) is 0 Å². The molecule has 178 valence electrons. The number of hydrogen-bond acceptors (Lipinski definition) is 0. The van der Waals surface area contributed by atoms with Gasteiger partial charge in [0.2, 0.25) is 0 Å². The Kier molecular flexibility index (Phi) is 8.77. The second-order valence-corrected chi connectivity index (χ2v) is 11.7. The molecule has 1 aromatic rings. The van der Waals surface area contributed by atoms with Gasteiger partial charge < -0.3 is 0 Å². The molecule has 3 aliphatic rings. The average Bonchev–Trinajstić information content (AvgIpc) is 2.83. The molecule has 0 aromatic heterocycles. The lowest BCUT2D eigenvalue weighted by atomic mass is 9.66. The van der Waals surface area contributed by atoms with Crippen molar-refractivity contribution in [1.82, 2.24) is 0 Å². The number of aryl methyl sites for hydroxylation is 1. The number of halogens is 2. The van der Waals surface area contributed by atoms with E-state index in [9.17, 15) is 0 Å². The van der Waals surface area contributed by atoms with E-state index in [-0.39, 0.29) is 5.82 Å². The molecular formula is C30H44ClF.